The number of hydrogen-bond donors (Lipinski definition) is 2. The lowest BCUT2D eigenvalue weighted by atomic mass is 9.99. The number of carbonyl (C=O) groups excluding carboxylic acids is 1. The van der Waals surface area contributed by atoms with Gasteiger partial charge in [0, 0.05) is 7.05 Å². The highest BCUT2D eigenvalue weighted by Gasteiger charge is 2.23. The number of nitrogens with zero attached hydrogens (tertiary/aromatic N) is 2. The van der Waals surface area contributed by atoms with Crippen LogP contribution in [0.25, 0.3) is 11.3 Å². The zero-order valence-corrected chi connectivity index (χ0v) is 13.4. The molecule has 1 aromatic carbocycles. The number of nitrogens with one attached hydrogen (secondary N) is 1. The fourth-order valence-corrected chi connectivity index (χ4v) is 2.26. The SMILES string of the molecule is CCC(C)C(N)C(=O)N(C)Cc1ncc(-c2ccccc2)[nH]1. The van der Waals surface area contributed by atoms with Gasteiger partial charge >= 0.3 is 0 Å². The third-order valence-corrected chi connectivity index (χ3v) is 4.02. The van der Waals surface area contributed by atoms with Gasteiger partial charge in [-0.05, 0) is 11.5 Å². The van der Waals surface area contributed by atoms with Crippen molar-refractivity contribution in [2.24, 2.45) is 11.7 Å². The van der Waals surface area contributed by atoms with E-state index in [0.717, 1.165) is 23.5 Å². The number of rotatable bonds is 6. The molecule has 0 spiro atoms. The second kappa shape index (κ2) is 7.22. The van der Waals surface area contributed by atoms with Crippen molar-refractivity contribution in [2.45, 2.75) is 32.9 Å². The summed E-state index contributed by atoms with van der Waals surface area (Å²) in [4.78, 5) is 21.5. The van der Waals surface area contributed by atoms with Gasteiger partial charge in [-0.1, -0.05) is 50.6 Å². The summed E-state index contributed by atoms with van der Waals surface area (Å²) in [5.74, 6) is 0.879. The van der Waals surface area contributed by atoms with Crippen molar-refractivity contribution in [1.82, 2.24) is 14.9 Å². The summed E-state index contributed by atoms with van der Waals surface area (Å²) in [5, 5.41) is 0. The van der Waals surface area contributed by atoms with Gasteiger partial charge in [0.2, 0.25) is 5.91 Å². The second-order valence-corrected chi connectivity index (χ2v) is 5.72. The van der Waals surface area contributed by atoms with Crippen molar-refractivity contribution in [3.05, 3.63) is 42.4 Å². The molecule has 0 radical (unpaired) electrons. The van der Waals surface area contributed by atoms with Crippen LogP contribution in [0.3, 0.4) is 0 Å². The van der Waals surface area contributed by atoms with Crippen molar-refractivity contribution in [2.75, 3.05) is 7.05 Å². The van der Waals surface area contributed by atoms with Crippen LogP contribution in [0.5, 0.6) is 0 Å². The Kier molecular flexibility index (Phi) is 5.33. The number of imidazole rings is 1. The summed E-state index contributed by atoms with van der Waals surface area (Å²) < 4.78 is 0. The molecule has 1 heterocycles. The molecule has 0 saturated heterocycles. The smallest absolute Gasteiger partial charge is 0.239 e. The molecule has 5 heteroatoms. The molecule has 0 aliphatic rings. The van der Waals surface area contributed by atoms with E-state index in [1.807, 2.05) is 44.2 Å². The maximum Gasteiger partial charge on any atom is 0.239 e. The molecule has 0 aliphatic heterocycles. The minimum absolute atomic E-state index is 0.0491. The number of H-pyrrole nitrogens is 1. The number of aromatic amines is 1. The quantitative estimate of drug-likeness (QED) is 0.860. The Morgan fingerprint density at radius 1 is 1.36 bits per heavy atom. The van der Waals surface area contributed by atoms with Crippen LogP contribution in [-0.4, -0.2) is 33.9 Å². The summed E-state index contributed by atoms with van der Waals surface area (Å²) in [5.41, 5.74) is 8.02. The zero-order valence-electron chi connectivity index (χ0n) is 13.4. The molecule has 2 atom stereocenters. The lowest BCUT2D eigenvalue weighted by Gasteiger charge is -2.23. The minimum Gasteiger partial charge on any atom is -0.341 e. The Labute approximate surface area is 131 Å². The zero-order chi connectivity index (χ0) is 16.1. The molecule has 1 aromatic heterocycles. The van der Waals surface area contributed by atoms with Crippen LogP contribution < -0.4 is 5.73 Å². The highest BCUT2D eigenvalue weighted by atomic mass is 16.2. The fourth-order valence-electron chi connectivity index (χ4n) is 2.26. The molecule has 0 fully saturated rings. The number of benzene rings is 1. The van der Waals surface area contributed by atoms with Crippen LogP contribution in [0, 0.1) is 5.92 Å². The largest absolute Gasteiger partial charge is 0.341 e. The number of hydrogen-bond acceptors (Lipinski definition) is 3. The Morgan fingerprint density at radius 2 is 2.05 bits per heavy atom. The fraction of sp³-hybridized carbons (Fsp3) is 0.412. The maximum absolute atomic E-state index is 12.3. The first-order valence-corrected chi connectivity index (χ1v) is 7.62. The van der Waals surface area contributed by atoms with E-state index in [4.69, 9.17) is 5.73 Å². The summed E-state index contributed by atoms with van der Waals surface area (Å²) in [7, 11) is 1.76. The molecule has 1 amide bonds. The molecule has 2 rings (SSSR count). The highest BCUT2D eigenvalue weighted by molar-refractivity contribution is 5.81. The monoisotopic (exact) mass is 300 g/mol. The van der Waals surface area contributed by atoms with Gasteiger partial charge in [-0.25, -0.2) is 4.98 Å². The molecular weight excluding hydrogens is 276 g/mol. The standard InChI is InChI=1S/C17H24N4O/c1-4-12(2)16(18)17(22)21(3)11-15-19-10-14(20-15)13-8-6-5-7-9-13/h5-10,12,16H,4,11,18H2,1-3H3,(H,19,20). The van der Waals surface area contributed by atoms with Gasteiger partial charge < -0.3 is 15.6 Å². The van der Waals surface area contributed by atoms with Crippen LogP contribution in [-0.2, 0) is 11.3 Å². The summed E-state index contributed by atoms with van der Waals surface area (Å²) in [6, 6.07) is 9.52. The lowest BCUT2D eigenvalue weighted by molar-refractivity contribution is -0.133. The van der Waals surface area contributed by atoms with E-state index >= 15 is 0 Å². The number of likely N-dealkylation sites (N-methyl/N-ethyl adjacent to an activating group) is 1. The second-order valence-electron chi connectivity index (χ2n) is 5.72. The first-order chi connectivity index (χ1) is 10.5. The topological polar surface area (TPSA) is 75.0 Å². The average molecular weight is 300 g/mol. The van der Waals surface area contributed by atoms with E-state index in [2.05, 4.69) is 9.97 Å². The van der Waals surface area contributed by atoms with Gasteiger partial charge in [0.15, 0.2) is 0 Å². The summed E-state index contributed by atoms with van der Waals surface area (Å²) in [6.07, 6.45) is 2.68. The average Bonchev–Trinajstić information content (AvgIpc) is 3.01. The van der Waals surface area contributed by atoms with Crippen LogP contribution in [0.1, 0.15) is 26.1 Å². The summed E-state index contributed by atoms with van der Waals surface area (Å²) >= 11 is 0. The molecule has 2 aromatic rings. The van der Waals surface area contributed by atoms with E-state index in [0.29, 0.717) is 6.54 Å². The predicted molar refractivity (Wildman–Crippen MR) is 87.9 cm³/mol. The molecule has 0 aliphatic carbocycles. The van der Waals surface area contributed by atoms with Gasteiger partial charge in [-0.15, -0.1) is 0 Å². The van der Waals surface area contributed by atoms with Crippen LogP contribution >= 0.6 is 0 Å². The van der Waals surface area contributed by atoms with Crippen molar-refractivity contribution in [1.29, 1.82) is 0 Å². The van der Waals surface area contributed by atoms with Gasteiger partial charge in [0.05, 0.1) is 24.5 Å². The molecule has 0 saturated carbocycles. The van der Waals surface area contributed by atoms with E-state index < -0.39 is 6.04 Å². The first kappa shape index (κ1) is 16.2. The predicted octanol–water partition coefficient (Wildman–Crippen LogP) is 2.41. The lowest BCUT2D eigenvalue weighted by Crippen LogP contribution is -2.45. The van der Waals surface area contributed by atoms with E-state index in [-0.39, 0.29) is 11.8 Å². The van der Waals surface area contributed by atoms with Crippen molar-refractivity contribution < 1.29 is 4.79 Å². The molecule has 118 valence electrons. The van der Waals surface area contributed by atoms with Crippen molar-refractivity contribution in [3.63, 3.8) is 0 Å². The Bertz CT molecular complexity index is 608. The normalized spacial score (nSPS) is 13.6. The van der Waals surface area contributed by atoms with Gasteiger partial charge in [0.25, 0.3) is 0 Å². The number of aromatic nitrogens is 2. The Hall–Kier alpha value is -2.14. The summed E-state index contributed by atoms with van der Waals surface area (Å²) in [6.45, 7) is 4.46. The third kappa shape index (κ3) is 3.74. The van der Waals surface area contributed by atoms with Gasteiger partial charge in [-0.3, -0.25) is 4.79 Å². The number of nitrogens with two attached hydrogens (primary N) is 1. The highest BCUT2D eigenvalue weighted by Crippen LogP contribution is 2.17. The maximum atomic E-state index is 12.3. The molecular formula is C17H24N4O. The molecule has 22 heavy (non-hydrogen) atoms. The minimum atomic E-state index is -0.460. The van der Waals surface area contributed by atoms with Gasteiger partial charge in [0.1, 0.15) is 5.82 Å². The van der Waals surface area contributed by atoms with Gasteiger partial charge in [-0.2, -0.15) is 0 Å². The third-order valence-electron chi connectivity index (χ3n) is 4.02. The van der Waals surface area contributed by atoms with Crippen LogP contribution in [0.15, 0.2) is 36.5 Å². The molecule has 3 N–H and O–H groups in total. The number of amides is 1. The molecule has 5 nitrogen and oxygen atoms in total. The van der Waals surface area contributed by atoms with Crippen molar-refractivity contribution >= 4 is 5.91 Å². The Balaban J connectivity index is 2.02. The Morgan fingerprint density at radius 3 is 2.68 bits per heavy atom. The first-order valence-electron chi connectivity index (χ1n) is 7.62. The van der Waals surface area contributed by atoms with E-state index in [1.54, 1.807) is 18.1 Å². The van der Waals surface area contributed by atoms with Crippen LogP contribution in [0.4, 0.5) is 0 Å². The number of carbonyl (C=O) groups is 1. The molecule has 0 bridgehead atoms. The van der Waals surface area contributed by atoms with Crippen LogP contribution in [0.2, 0.25) is 0 Å². The van der Waals surface area contributed by atoms with E-state index in [1.165, 1.54) is 0 Å². The van der Waals surface area contributed by atoms with E-state index in [9.17, 15) is 4.79 Å². The molecule has 2 unspecified atom stereocenters. The van der Waals surface area contributed by atoms with Crippen molar-refractivity contribution in [3.8, 4) is 11.3 Å².